The Kier molecular flexibility index (Phi) is 12.0. The first-order valence-electron chi connectivity index (χ1n) is 14.3. The molecule has 0 radical (unpaired) electrons. The lowest BCUT2D eigenvalue weighted by molar-refractivity contribution is -0.151. The van der Waals surface area contributed by atoms with Crippen molar-refractivity contribution in [3.05, 3.63) is 47.2 Å². The zero-order chi connectivity index (χ0) is 30.8. The molecule has 0 spiro atoms. The Bertz CT molecular complexity index is 1320. The number of aryl methyl sites for hydroxylation is 1. The number of tetrazole rings is 1. The van der Waals surface area contributed by atoms with E-state index in [-0.39, 0.29) is 17.9 Å². The van der Waals surface area contributed by atoms with Crippen molar-refractivity contribution in [1.29, 1.82) is 0 Å². The maximum atomic E-state index is 13.0. The summed E-state index contributed by atoms with van der Waals surface area (Å²) < 4.78 is 1.70. The number of hydrogen-bond donors (Lipinski definition) is 4. The minimum Gasteiger partial charge on any atom is -0.481 e. The average molecular weight is 633 g/mol. The fourth-order valence-electron chi connectivity index (χ4n) is 5.00. The Morgan fingerprint density at radius 2 is 1.70 bits per heavy atom. The number of carboxylic acid groups (broad SMARTS) is 2. The summed E-state index contributed by atoms with van der Waals surface area (Å²) in [5.74, 6) is -2.56. The second-order valence-electron chi connectivity index (χ2n) is 10.4. The zero-order valence-electron chi connectivity index (χ0n) is 23.6. The van der Waals surface area contributed by atoms with E-state index in [1.807, 2.05) is 0 Å². The molecule has 1 fully saturated rings. The summed E-state index contributed by atoms with van der Waals surface area (Å²) in [7, 11) is 0. The highest BCUT2D eigenvalue weighted by Crippen LogP contribution is 2.41. The molecule has 13 nitrogen and oxygen atoms in total. The number of benzene rings is 1. The molecule has 3 atom stereocenters. The first-order chi connectivity index (χ1) is 20.8. The van der Waals surface area contributed by atoms with Gasteiger partial charge >= 0.3 is 11.9 Å². The van der Waals surface area contributed by atoms with Crippen LogP contribution in [0.5, 0.6) is 0 Å². The Balaban J connectivity index is 1.24. The maximum Gasteiger partial charge on any atom is 0.352 e. The van der Waals surface area contributed by atoms with E-state index in [0.29, 0.717) is 28.6 Å². The molecule has 1 saturated heterocycles. The topological polar surface area (TPSA) is 188 Å². The predicted octanol–water partition coefficient (Wildman–Crippen LogP) is 2.83. The van der Waals surface area contributed by atoms with Gasteiger partial charge in [-0.15, -0.1) is 16.9 Å². The third-order valence-corrected chi connectivity index (χ3v) is 9.68. The monoisotopic (exact) mass is 632 g/mol. The molecule has 0 aliphatic carbocycles. The lowest BCUT2D eigenvalue weighted by Crippen LogP contribution is -2.70. The van der Waals surface area contributed by atoms with Gasteiger partial charge in [0.05, 0.1) is 0 Å². The number of hydrogen-bond acceptors (Lipinski definition) is 10. The van der Waals surface area contributed by atoms with Gasteiger partial charge in [-0.1, -0.05) is 80.6 Å². The number of carboxylic acids is 2. The Hall–Kier alpha value is -3.43. The van der Waals surface area contributed by atoms with Crippen LogP contribution >= 0.6 is 23.5 Å². The van der Waals surface area contributed by atoms with Gasteiger partial charge < -0.3 is 20.6 Å². The fourth-order valence-corrected chi connectivity index (χ4v) is 7.39. The molecule has 2 aliphatic rings. The first-order valence-corrected chi connectivity index (χ1v) is 16.4. The van der Waals surface area contributed by atoms with Crippen molar-refractivity contribution in [3.8, 4) is 0 Å². The van der Waals surface area contributed by atoms with Gasteiger partial charge in [0.15, 0.2) is 6.10 Å². The average Bonchev–Trinajstić information content (AvgIpc) is 3.45. The van der Waals surface area contributed by atoms with E-state index in [1.165, 1.54) is 28.4 Å². The number of nitrogens with zero attached hydrogens (tertiary/aromatic N) is 5. The molecular weight excluding hydrogens is 596 g/mol. The molecular formula is C28H36N6O7S2. The van der Waals surface area contributed by atoms with E-state index in [4.69, 9.17) is 5.11 Å². The van der Waals surface area contributed by atoms with Crippen molar-refractivity contribution in [2.75, 3.05) is 11.5 Å². The van der Waals surface area contributed by atoms with Crippen LogP contribution < -0.4 is 5.32 Å². The third-order valence-electron chi connectivity index (χ3n) is 7.30. The molecule has 2 aromatic rings. The van der Waals surface area contributed by atoms with Crippen LogP contribution in [0.1, 0.15) is 69.5 Å². The number of aliphatic carboxylic acids is 2. The van der Waals surface area contributed by atoms with Crippen LogP contribution in [0.25, 0.3) is 0 Å². The predicted molar refractivity (Wildman–Crippen MR) is 159 cm³/mol. The Morgan fingerprint density at radius 3 is 2.37 bits per heavy atom. The molecule has 4 rings (SSSR count). The van der Waals surface area contributed by atoms with Gasteiger partial charge in [-0.05, 0) is 34.4 Å². The van der Waals surface area contributed by atoms with Gasteiger partial charge in [0.2, 0.25) is 5.16 Å². The fraction of sp³-hybridized carbons (Fsp3) is 0.536. The van der Waals surface area contributed by atoms with Crippen molar-refractivity contribution in [2.24, 2.45) is 0 Å². The number of aromatic nitrogens is 4. The largest absolute Gasteiger partial charge is 0.481 e. The zero-order valence-corrected chi connectivity index (χ0v) is 25.3. The van der Waals surface area contributed by atoms with Crippen LogP contribution in [0.15, 0.2) is 46.8 Å². The van der Waals surface area contributed by atoms with E-state index in [9.17, 15) is 29.4 Å². The number of β-lactam (4-membered cyclic amide) rings is 1. The number of amides is 2. The third kappa shape index (κ3) is 8.57. The molecule has 2 amide bonds. The van der Waals surface area contributed by atoms with Crippen LogP contribution in [-0.2, 0) is 25.7 Å². The van der Waals surface area contributed by atoms with Crippen LogP contribution in [0.4, 0.5) is 0 Å². The lowest BCUT2D eigenvalue weighted by Gasteiger charge is -2.49. The number of aliphatic hydroxyl groups is 1. The molecule has 0 bridgehead atoms. The number of rotatable bonds is 18. The first kappa shape index (κ1) is 32.5. The van der Waals surface area contributed by atoms with Crippen molar-refractivity contribution in [2.45, 2.75) is 87.0 Å². The van der Waals surface area contributed by atoms with Crippen molar-refractivity contribution in [1.82, 2.24) is 30.4 Å². The lowest BCUT2D eigenvalue weighted by atomic mass is 10.0. The number of nitrogens with one attached hydrogen (secondary N) is 1. The highest BCUT2D eigenvalue weighted by molar-refractivity contribution is 8.01. The van der Waals surface area contributed by atoms with Crippen LogP contribution in [-0.4, -0.2) is 87.1 Å². The number of carbonyl (C=O) groups excluding carboxylic acids is 2. The van der Waals surface area contributed by atoms with Gasteiger partial charge in [0, 0.05) is 24.5 Å². The number of unbranched alkanes of at least 4 members (excludes halogenated alkanes) is 7. The smallest absolute Gasteiger partial charge is 0.352 e. The second kappa shape index (κ2) is 15.9. The number of fused-ring (bicyclic) bond motifs is 1. The standard InChI is InChI=1S/C28H36N6O7S2/c35-20(36)14-10-5-3-1-2-4-6-11-15-33-28(30-31-32-33)43-17-19-16-42-26-21(25(39)34(26)22(19)27(40)41)29-24(38)23(37)18-12-8-7-9-13-18/h7-9,12-13,21,23,26,37H,1-6,10-11,14-17H2,(H,29,38)(H,35,36)(H,40,41)/t21?,23-,26-/m1/s1. The Morgan fingerprint density at radius 1 is 1.02 bits per heavy atom. The van der Waals surface area contributed by atoms with E-state index in [0.717, 1.165) is 51.4 Å². The molecule has 1 aromatic heterocycles. The number of aliphatic hydroxyl groups excluding tert-OH is 1. The number of carbonyl (C=O) groups is 4. The molecule has 15 heteroatoms. The molecule has 3 heterocycles. The van der Waals surface area contributed by atoms with E-state index < -0.39 is 41.3 Å². The molecule has 232 valence electrons. The van der Waals surface area contributed by atoms with Gasteiger partial charge in [-0.3, -0.25) is 19.3 Å². The minimum atomic E-state index is -1.44. The van der Waals surface area contributed by atoms with Crippen molar-refractivity contribution in [3.63, 3.8) is 0 Å². The summed E-state index contributed by atoms with van der Waals surface area (Å²) in [5.41, 5.74) is 0.880. The van der Waals surface area contributed by atoms with Gasteiger partial charge in [-0.2, -0.15) is 0 Å². The van der Waals surface area contributed by atoms with Gasteiger partial charge in [0.1, 0.15) is 17.1 Å². The summed E-state index contributed by atoms with van der Waals surface area (Å²) in [4.78, 5) is 49.5. The Labute approximate surface area is 257 Å². The molecule has 0 saturated carbocycles. The number of thioether (sulfide) groups is 2. The molecule has 1 unspecified atom stereocenters. The highest BCUT2D eigenvalue weighted by atomic mass is 32.2. The quantitative estimate of drug-likeness (QED) is 0.107. The normalized spacial score (nSPS) is 18.6. The summed E-state index contributed by atoms with van der Waals surface area (Å²) in [6.45, 7) is 0.635. The highest BCUT2D eigenvalue weighted by Gasteiger charge is 2.54. The SMILES string of the molecule is O=C(O)CCCCCCCCCCn1nnnc1SCC1=C(C(=O)O)N2C(=O)C(NC(=O)[C@H](O)c3ccccc3)[C@H]2SC1. The molecule has 43 heavy (non-hydrogen) atoms. The van der Waals surface area contributed by atoms with E-state index in [1.54, 1.807) is 35.0 Å². The van der Waals surface area contributed by atoms with Crippen molar-refractivity contribution < 1.29 is 34.5 Å². The summed E-state index contributed by atoms with van der Waals surface area (Å²) >= 11 is 2.68. The van der Waals surface area contributed by atoms with Crippen molar-refractivity contribution >= 4 is 47.3 Å². The van der Waals surface area contributed by atoms with Gasteiger partial charge in [0.25, 0.3) is 11.8 Å². The van der Waals surface area contributed by atoms with Crippen LogP contribution in [0, 0.1) is 0 Å². The minimum absolute atomic E-state index is 0.0858. The summed E-state index contributed by atoms with van der Waals surface area (Å²) in [5, 5.41) is 43.5. The molecule has 1 aromatic carbocycles. The molecule has 2 aliphatic heterocycles. The second-order valence-corrected chi connectivity index (χ2v) is 12.5. The van der Waals surface area contributed by atoms with Crippen LogP contribution in [0.2, 0.25) is 0 Å². The van der Waals surface area contributed by atoms with Gasteiger partial charge in [-0.25, -0.2) is 9.48 Å². The summed E-state index contributed by atoms with van der Waals surface area (Å²) in [6, 6.07) is 7.44. The van der Waals surface area contributed by atoms with E-state index >= 15 is 0 Å². The van der Waals surface area contributed by atoms with E-state index in [2.05, 4.69) is 20.8 Å². The molecule has 4 N–H and O–H groups in total. The van der Waals surface area contributed by atoms with Crippen LogP contribution in [0.3, 0.4) is 0 Å². The maximum absolute atomic E-state index is 13.0. The summed E-state index contributed by atoms with van der Waals surface area (Å²) in [6.07, 6.45) is 6.69.